The standard InChI is InChI=1S/C16H16BrN3O/c1-11-8-13(17)9-18-16(11)19-10-15(21)20-7-6-12-4-2-3-5-14(12)20/h2-5,8-9H,6-7,10H2,1H3,(H,18,19). The van der Waals surface area contributed by atoms with Gasteiger partial charge in [-0.05, 0) is 52.5 Å². The Balaban J connectivity index is 1.68. The van der Waals surface area contributed by atoms with Crippen molar-refractivity contribution in [1.82, 2.24) is 4.98 Å². The molecule has 0 fully saturated rings. The van der Waals surface area contributed by atoms with Crippen LogP contribution < -0.4 is 10.2 Å². The number of hydrogen-bond donors (Lipinski definition) is 1. The number of halogens is 1. The number of carbonyl (C=O) groups excluding carboxylic acids is 1. The van der Waals surface area contributed by atoms with E-state index < -0.39 is 0 Å². The normalized spacial score (nSPS) is 13.1. The zero-order valence-corrected chi connectivity index (χ0v) is 13.4. The van der Waals surface area contributed by atoms with E-state index in [1.165, 1.54) is 5.56 Å². The summed E-state index contributed by atoms with van der Waals surface area (Å²) in [6, 6.07) is 10.0. The molecule has 108 valence electrons. The number of amides is 1. The first kappa shape index (κ1) is 14.1. The van der Waals surface area contributed by atoms with Gasteiger partial charge in [0.25, 0.3) is 0 Å². The number of benzene rings is 1. The van der Waals surface area contributed by atoms with Crippen molar-refractivity contribution in [3.8, 4) is 0 Å². The van der Waals surface area contributed by atoms with Crippen LogP contribution in [0.5, 0.6) is 0 Å². The topological polar surface area (TPSA) is 45.2 Å². The third-order valence-corrected chi connectivity index (χ3v) is 4.07. The molecule has 0 unspecified atom stereocenters. The summed E-state index contributed by atoms with van der Waals surface area (Å²) in [4.78, 5) is 18.5. The van der Waals surface area contributed by atoms with Crippen molar-refractivity contribution >= 4 is 33.3 Å². The molecular weight excluding hydrogens is 330 g/mol. The minimum Gasteiger partial charge on any atom is -0.361 e. The lowest BCUT2D eigenvalue weighted by atomic mass is 10.2. The number of nitrogens with one attached hydrogen (secondary N) is 1. The first-order valence-electron chi connectivity index (χ1n) is 6.89. The molecule has 1 aromatic carbocycles. The highest BCUT2D eigenvalue weighted by atomic mass is 79.9. The summed E-state index contributed by atoms with van der Waals surface area (Å²) in [5.41, 5.74) is 3.28. The summed E-state index contributed by atoms with van der Waals surface area (Å²) in [6.45, 7) is 2.98. The summed E-state index contributed by atoms with van der Waals surface area (Å²) in [5, 5.41) is 3.12. The molecular formula is C16H16BrN3O. The summed E-state index contributed by atoms with van der Waals surface area (Å²) in [5.74, 6) is 0.822. The largest absolute Gasteiger partial charge is 0.361 e. The number of carbonyl (C=O) groups is 1. The highest BCUT2D eigenvalue weighted by molar-refractivity contribution is 9.10. The molecule has 21 heavy (non-hydrogen) atoms. The van der Waals surface area contributed by atoms with Gasteiger partial charge in [-0.15, -0.1) is 0 Å². The predicted molar refractivity (Wildman–Crippen MR) is 87.7 cm³/mol. The van der Waals surface area contributed by atoms with Gasteiger partial charge in [-0.2, -0.15) is 0 Å². The Morgan fingerprint density at radius 2 is 2.24 bits per heavy atom. The van der Waals surface area contributed by atoms with Crippen LogP contribution in [0.25, 0.3) is 0 Å². The molecule has 0 bridgehead atoms. The molecule has 1 aliphatic rings. The summed E-state index contributed by atoms with van der Waals surface area (Å²) in [7, 11) is 0. The molecule has 1 amide bonds. The molecule has 1 N–H and O–H groups in total. The number of aryl methyl sites for hydroxylation is 1. The Morgan fingerprint density at radius 3 is 3.05 bits per heavy atom. The molecule has 0 spiro atoms. The molecule has 0 aliphatic carbocycles. The van der Waals surface area contributed by atoms with E-state index in [-0.39, 0.29) is 12.5 Å². The number of anilines is 2. The van der Waals surface area contributed by atoms with Gasteiger partial charge in [-0.25, -0.2) is 4.98 Å². The van der Waals surface area contributed by atoms with Gasteiger partial charge in [0.15, 0.2) is 0 Å². The van der Waals surface area contributed by atoms with Gasteiger partial charge in [0.2, 0.25) is 5.91 Å². The molecule has 2 aromatic rings. The first-order chi connectivity index (χ1) is 10.1. The smallest absolute Gasteiger partial charge is 0.246 e. The second-order valence-electron chi connectivity index (χ2n) is 5.10. The first-order valence-corrected chi connectivity index (χ1v) is 7.69. The molecule has 1 aliphatic heterocycles. The fourth-order valence-corrected chi connectivity index (χ4v) is 3.02. The van der Waals surface area contributed by atoms with E-state index in [4.69, 9.17) is 0 Å². The average molecular weight is 346 g/mol. The van der Waals surface area contributed by atoms with Gasteiger partial charge < -0.3 is 10.2 Å². The van der Waals surface area contributed by atoms with E-state index in [0.717, 1.165) is 34.5 Å². The van der Waals surface area contributed by atoms with E-state index in [1.54, 1.807) is 6.20 Å². The van der Waals surface area contributed by atoms with Crippen LogP contribution in [0.15, 0.2) is 41.0 Å². The van der Waals surface area contributed by atoms with Crippen LogP contribution in [-0.2, 0) is 11.2 Å². The third kappa shape index (κ3) is 2.93. The molecule has 0 atom stereocenters. The van der Waals surface area contributed by atoms with Gasteiger partial charge in [-0.3, -0.25) is 4.79 Å². The van der Waals surface area contributed by atoms with E-state index in [2.05, 4.69) is 32.3 Å². The number of pyridine rings is 1. The number of fused-ring (bicyclic) bond motifs is 1. The van der Waals surface area contributed by atoms with Crippen molar-refractivity contribution in [1.29, 1.82) is 0 Å². The summed E-state index contributed by atoms with van der Waals surface area (Å²) < 4.78 is 0.936. The Bertz CT molecular complexity index is 687. The molecule has 3 rings (SSSR count). The number of aromatic nitrogens is 1. The van der Waals surface area contributed by atoms with Gasteiger partial charge in [0, 0.05) is 22.9 Å². The Morgan fingerprint density at radius 1 is 1.43 bits per heavy atom. The number of nitrogens with zero attached hydrogens (tertiary/aromatic N) is 2. The van der Waals surface area contributed by atoms with Gasteiger partial charge >= 0.3 is 0 Å². The average Bonchev–Trinajstić information content (AvgIpc) is 2.90. The highest BCUT2D eigenvalue weighted by Crippen LogP contribution is 2.27. The van der Waals surface area contributed by atoms with Crippen LogP contribution >= 0.6 is 15.9 Å². The van der Waals surface area contributed by atoms with Crippen LogP contribution in [0, 0.1) is 6.92 Å². The van der Waals surface area contributed by atoms with Crippen molar-refractivity contribution < 1.29 is 4.79 Å². The van der Waals surface area contributed by atoms with Crippen LogP contribution in [-0.4, -0.2) is 24.0 Å². The number of para-hydroxylation sites is 1. The van der Waals surface area contributed by atoms with Gasteiger partial charge in [0.05, 0.1) is 6.54 Å². The van der Waals surface area contributed by atoms with Crippen LogP contribution in [0.4, 0.5) is 11.5 Å². The van der Waals surface area contributed by atoms with Crippen molar-refractivity contribution in [2.45, 2.75) is 13.3 Å². The lowest BCUT2D eigenvalue weighted by molar-refractivity contribution is -0.116. The van der Waals surface area contributed by atoms with E-state index in [9.17, 15) is 4.79 Å². The zero-order valence-electron chi connectivity index (χ0n) is 11.8. The molecule has 0 saturated carbocycles. The van der Waals surface area contributed by atoms with Crippen molar-refractivity contribution in [3.05, 3.63) is 52.1 Å². The Kier molecular flexibility index (Phi) is 3.92. The maximum Gasteiger partial charge on any atom is 0.246 e. The van der Waals surface area contributed by atoms with E-state index in [1.807, 2.05) is 36.1 Å². The minimum absolute atomic E-state index is 0.0732. The molecule has 1 aromatic heterocycles. The van der Waals surface area contributed by atoms with Crippen LogP contribution in [0.2, 0.25) is 0 Å². The molecule has 4 nitrogen and oxygen atoms in total. The number of rotatable bonds is 3. The maximum absolute atomic E-state index is 12.4. The Labute approximate surface area is 132 Å². The minimum atomic E-state index is 0.0732. The SMILES string of the molecule is Cc1cc(Br)cnc1NCC(=O)N1CCc2ccccc21. The molecule has 0 saturated heterocycles. The van der Waals surface area contributed by atoms with Crippen LogP contribution in [0.3, 0.4) is 0 Å². The summed E-state index contributed by atoms with van der Waals surface area (Å²) in [6.07, 6.45) is 2.66. The Hall–Kier alpha value is -1.88. The molecule has 2 heterocycles. The van der Waals surface area contributed by atoms with Crippen molar-refractivity contribution in [2.75, 3.05) is 23.3 Å². The maximum atomic E-state index is 12.4. The lowest BCUT2D eigenvalue weighted by Gasteiger charge is -2.18. The summed E-state index contributed by atoms with van der Waals surface area (Å²) >= 11 is 3.38. The van der Waals surface area contributed by atoms with E-state index >= 15 is 0 Å². The molecule has 0 radical (unpaired) electrons. The quantitative estimate of drug-likeness (QED) is 0.929. The monoisotopic (exact) mass is 345 g/mol. The van der Waals surface area contributed by atoms with E-state index in [0.29, 0.717) is 0 Å². The van der Waals surface area contributed by atoms with Crippen LogP contribution in [0.1, 0.15) is 11.1 Å². The van der Waals surface area contributed by atoms with Gasteiger partial charge in [-0.1, -0.05) is 18.2 Å². The fraction of sp³-hybridized carbons (Fsp3) is 0.250. The lowest BCUT2D eigenvalue weighted by Crippen LogP contribution is -2.34. The second-order valence-corrected chi connectivity index (χ2v) is 6.01. The van der Waals surface area contributed by atoms with Gasteiger partial charge in [0.1, 0.15) is 5.82 Å². The zero-order chi connectivity index (χ0) is 14.8. The highest BCUT2D eigenvalue weighted by Gasteiger charge is 2.23. The number of hydrogen-bond acceptors (Lipinski definition) is 3. The molecule has 5 heteroatoms. The predicted octanol–water partition coefficient (Wildman–Crippen LogP) is 3.15. The fourth-order valence-electron chi connectivity index (χ4n) is 2.58. The van der Waals surface area contributed by atoms with Crippen molar-refractivity contribution in [2.24, 2.45) is 0 Å². The second kappa shape index (κ2) is 5.85. The van der Waals surface area contributed by atoms with Crippen molar-refractivity contribution in [3.63, 3.8) is 0 Å². The third-order valence-electron chi connectivity index (χ3n) is 3.64.